The predicted octanol–water partition coefficient (Wildman–Crippen LogP) is 2.32. The lowest BCUT2D eigenvalue weighted by atomic mass is 10.0. The molecule has 0 spiro atoms. The number of alkyl halides is 3. The van der Waals surface area contributed by atoms with Gasteiger partial charge in [-0.2, -0.15) is 13.2 Å². The summed E-state index contributed by atoms with van der Waals surface area (Å²) in [5.74, 6) is -2.65. The Balaban J connectivity index is 3.08. The smallest absolute Gasteiger partial charge is 0.419 e. The van der Waals surface area contributed by atoms with Gasteiger partial charge in [0.2, 0.25) is 0 Å². The highest BCUT2D eigenvalue weighted by Crippen LogP contribution is 2.33. The summed E-state index contributed by atoms with van der Waals surface area (Å²) in [5, 5.41) is 8.45. The highest BCUT2D eigenvalue weighted by molar-refractivity contribution is 5.67. The summed E-state index contributed by atoms with van der Waals surface area (Å²) in [6.07, 6.45) is -5.36. The maximum atomic E-state index is 12.9. The molecule has 1 rings (SSSR count). The Labute approximate surface area is 93.8 Å². The number of benzene rings is 1. The molecule has 0 bridgehead atoms. The van der Waals surface area contributed by atoms with Crippen LogP contribution in [-0.4, -0.2) is 11.1 Å². The Kier molecular flexibility index (Phi) is 3.72. The van der Waals surface area contributed by atoms with E-state index in [-0.39, 0.29) is 5.56 Å². The van der Waals surface area contributed by atoms with Crippen LogP contribution in [0.4, 0.5) is 17.6 Å². The van der Waals surface area contributed by atoms with Gasteiger partial charge in [0.25, 0.3) is 0 Å². The fourth-order valence-corrected chi connectivity index (χ4v) is 1.30. The number of hydrogen-bond acceptors (Lipinski definition) is 2. The van der Waals surface area contributed by atoms with Crippen LogP contribution in [0.3, 0.4) is 0 Å². The molecule has 7 heteroatoms. The van der Waals surface area contributed by atoms with E-state index in [2.05, 4.69) is 0 Å². The van der Waals surface area contributed by atoms with Crippen molar-refractivity contribution in [1.29, 1.82) is 0 Å². The van der Waals surface area contributed by atoms with Crippen LogP contribution in [0.5, 0.6) is 0 Å². The lowest BCUT2D eigenvalue weighted by Crippen LogP contribution is -2.17. The second-order valence-corrected chi connectivity index (χ2v) is 3.44. The minimum Gasteiger partial charge on any atom is -0.481 e. The van der Waals surface area contributed by atoms with Gasteiger partial charge in [-0.1, -0.05) is 6.07 Å². The summed E-state index contributed by atoms with van der Waals surface area (Å²) >= 11 is 0. The predicted molar refractivity (Wildman–Crippen MR) is 50.6 cm³/mol. The molecule has 0 radical (unpaired) electrons. The lowest BCUT2D eigenvalue weighted by molar-refractivity contribution is -0.140. The zero-order valence-electron chi connectivity index (χ0n) is 8.46. The van der Waals surface area contributed by atoms with E-state index >= 15 is 0 Å². The third-order valence-corrected chi connectivity index (χ3v) is 2.12. The van der Waals surface area contributed by atoms with Crippen LogP contribution in [0.1, 0.15) is 23.6 Å². The third kappa shape index (κ3) is 3.42. The molecule has 0 aliphatic heterocycles. The molecule has 0 amide bonds. The Morgan fingerprint density at radius 2 is 2.00 bits per heavy atom. The van der Waals surface area contributed by atoms with E-state index in [1.165, 1.54) is 0 Å². The summed E-state index contributed by atoms with van der Waals surface area (Å²) in [4.78, 5) is 10.4. The molecule has 0 saturated heterocycles. The van der Waals surface area contributed by atoms with E-state index in [0.29, 0.717) is 12.1 Å². The van der Waals surface area contributed by atoms with Crippen LogP contribution < -0.4 is 5.73 Å². The molecule has 94 valence electrons. The van der Waals surface area contributed by atoms with Crippen molar-refractivity contribution >= 4 is 5.97 Å². The average molecular weight is 251 g/mol. The number of nitrogens with two attached hydrogens (primary N) is 1. The molecule has 0 unspecified atom stereocenters. The van der Waals surface area contributed by atoms with Crippen LogP contribution >= 0.6 is 0 Å². The summed E-state index contributed by atoms with van der Waals surface area (Å²) in [6, 6.07) is 1.09. The zero-order valence-corrected chi connectivity index (χ0v) is 8.46. The fourth-order valence-electron chi connectivity index (χ4n) is 1.30. The second kappa shape index (κ2) is 4.70. The number of carbonyl (C=O) groups is 1. The normalized spacial score (nSPS) is 13.5. The Hall–Kier alpha value is -1.63. The highest BCUT2D eigenvalue weighted by atomic mass is 19.4. The van der Waals surface area contributed by atoms with Crippen molar-refractivity contribution in [2.45, 2.75) is 18.6 Å². The maximum Gasteiger partial charge on any atom is 0.419 e. The van der Waals surface area contributed by atoms with Gasteiger partial charge in [0.1, 0.15) is 5.82 Å². The van der Waals surface area contributed by atoms with Crippen LogP contribution in [0.2, 0.25) is 0 Å². The molecule has 0 aliphatic rings. The van der Waals surface area contributed by atoms with E-state index in [1.807, 2.05) is 0 Å². The van der Waals surface area contributed by atoms with Crippen molar-refractivity contribution in [2.24, 2.45) is 5.73 Å². The van der Waals surface area contributed by atoms with Crippen molar-refractivity contribution in [3.8, 4) is 0 Å². The molecule has 0 saturated carbocycles. The molecular weight excluding hydrogens is 242 g/mol. The van der Waals surface area contributed by atoms with Gasteiger partial charge in [-0.3, -0.25) is 4.79 Å². The molecule has 0 aliphatic carbocycles. The molecule has 3 nitrogen and oxygen atoms in total. The molecular formula is C10H9F4NO2. The van der Waals surface area contributed by atoms with Gasteiger partial charge in [0.05, 0.1) is 12.0 Å². The molecule has 1 aromatic rings. The van der Waals surface area contributed by atoms with E-state index in [0.717, 1.165) is 6.07 Å². The summed E-state index contributed by atoms with van der Waals surface area (Å²) in [7, 11) is 0. The van der Waals surface area contributed by atoms with Crippen LogP contribution in [0.25, 0.3) is 0 Å². The van der Waals surface area contributed by atoms with Crippen LogP contribution in [0, 0.1) is 5.82 Å². The van der Waals surface area contributed by atoms with Gasteiger partial charge < -0.3 is 10.8 Å². The van der Waals surface area contributed by atoms with Gasteiger partial charge in [0.15, 0.2) is 0 Å². The molecule has 1 aromatic carbocycles. The molecule has 0 heterocycles. The van der Waals surface area contributed by atoms with E-state index in [1.54, 1.807) is 0 Å². The van der Waals surface area contributed by atoms with Crippen molar-refractivity contribution in [1.82, 2.24) is 0 Å². The Morgan fingerprint density at radius 1 is 1.41 bits per heavy atom. The first-order valence-corrected chi connectivity index (χ1v) is 4.56. The minimum absolute atomic E-state index is 0.0684. The zero-order chi connectivity index (χ0) is 13.2. The van der Waals surface area contributed by atoms with Gasteiger partial charge in [-0.25, -0.2) is 4.39 Å². The summed E-state index contributed by atoms with van der Waals surface area (Å²) in [5.41, 5.74) is 3.87. The number of rotatable bonds is 3. The van der Waals surface area contributed by atoms with E-state index < -0.39 is 36.0 Å². The topological polar surface area (TPSA) is 63.3 Å². The number of halogens is 4. The first kappa shape index (κ1) is 13.4. The SMILES string of the molecule is N[C@H](CC(=O)O)c1ccc(F)c(C(F)(F)F)c1. The lowest BCUT2D eigenvalue weighted by Gasteiger charge is -2.13. The van der Waals surface area contributed by atoms with Crippen molar-refractivity contribution < 1.29 is 27.5 Å². The minimum atomic E-state index is -4.83. The van der Waals surface area contributed by atoms with Gasteiger partial charge in [-0.05, 0) is 17.7 Å². The Bertz CT molecular complexity index is 431. The standard InChI is InChI=1S/C10H9F4NO2/c11-7-2-1-5(8(15)4-9(16)17)3-6(7)10(12,13)14/h1-3,8H,4,15H2,(H,16,17)/t8-/m1/s1. The summed E-state index contributed by atoms with van der Waals surface area (Å²) in [6.45, 7) is 0. The first-order valence-electron chi connectivity index (χ1n) is 4.56. The fraction of sp³-hybridized carbons (Fsp3) is 0.300. The highest BCUT2D eigenvalue weighted by Gasteiger charge is 2.34. The largest absolute Gasteiger partial charge is 0.481 e. The monoisotopic (exact) mass is 251 g/mol. The van der Waals surface area contributed by atoms with E-state index in [9.17, 15) is 22.4 Å². The third-order valence-electron chi connectivity index (χ3n) is 2.12. The van der Waals surface area contributed by atoms with Gasteiger partial charge in [0, 0.05) is 6.04 Å². The molecule has 3 N–H and O–H groups in total. The average Bonchev–Trinajstić information content (AvgIpc) is 2.15. The first-order chi connectivity index (χ1) is 7.71. The van der Waals surface area contributed by atoms with Crippen LogP contribution in [0.15, 0.2) is 18.2 Å². The van der Waals surface area contributed by atoms with Crippen molar-refractivity contribution in [3.63, 3.8) is 0 Å². The van der Waals surface area contributed by atoms with Gasteiger partial charge in [-0.15, -0.1) is 0 Å². The van der Waals surface area contributed by atoms with Crippen LogP contribution in [-0.2, 0) is 11.0 Å². The molecule has 17 heavy (non-hydrogen) atoms. The Morgan fingerprint density at radius 3 is 2.47 bits per heavy atom. The van der Waals surface area contributed by atoms with Gasteiger partial charge >= 0.3 is 12.1 Å². The molecule has 1 atom stereocenters. The number of carboxylic acids is 1. The van der Waals surface area contributed by atoms with Crippen molar-refractivity contribution in [3.05, 3.63) is 35.1 Å². The maximum absolute atomic E-state index is 12.9. The molecule has 0 fully saturated rings. The summed E-state index contributed by atoms with van der Waals surface area (Å²) < 4.78 is 50.0. The quantitative estimate of drug-likeness (QED) is 0.810. The number of hydrogen-bond donors (Lipinski definition) is 2. The second-order valence-electron chi connectivity index (χ2n) is 3.44. The van der Waals surface area contributed by atoms with E-state index in [4.69, 9.17) is 10.8 Å². The molecule has 0 aromatic heterocycles. The number of aliphatic carboxylic acids is 1. The number of carboxylic acid groups (broad SMARTS) is 1. The van der Waals surface area contributed by atoms with Crippen molar-refractivity contribution in [2.75, 3.05) is 0 Å².